The van der Waals surface area contributed by atoms with Gasteiger partial charge in [-0.3, -0.25) is 20.4 Å². The molecule has 0 unspecified atom stereocenters. The standard InChI is InChI=1S/C23H17F3N4O3/c24-23(25,26)16-7-10-21(28-13-16)33-17-8-5-14(6-9-17)22(32)30-29-20(31)11-15-12-27-19-4-2-1-3-18(15)19/h1-10,12-13,27H,11H2,(H,29,31)(H,30,32). The zero-order chi connectivity index (χ0) is 23.4. The van der Waals surface area contributed by atoms with Crippen LogP contribution in [0.5, 0.6) is 11.6 Å². The molecule has 0 atom stereocenters. The van der Waals surface area contributed by atoms with Gasteiger partial charge >= 0.3 is 6.18 Å². The summed E-state index contributed by atoms with van der Waals surface area (Å²) in [5, 5.41) is 0.928. The molecule has 7 nitrogen and oxygen atoms in total. The number of aromatic nitrogens is 2. The minimum atomic E-state index is -4.48. The average molecular weight is 454 g/mol. The van der Waals surface area contributed by atoms with E-state index in [1.807, 2.05) is 24.3 Å². The van der Waals surface area contributed by atoms with Gasteiger partial charge in [-0.25, -0.2) is 4.98 Å². The van der Waals surface area contributed by atoms with E-state index in [2.05, 4.69) is 20.8 Å². The number of aromatic amines is 1. The second kappa shape index (κ2) is 9.03. The number of hydrazine groups is 1. The number of amides is 2. The van der Waals surface area contributed by atoms with E-state index < -0.39 is 17.6 Å². The molecule has 0 saturated heterocycles. The average Bonchev–Trinajstić information content (AvgIpc) is 3.20. The zero-order valence-corrected chi connectivity index (χ0v) is 16.9. The Bertz CT molecular complexity index is 1280. The monoisotopic (exact) mass is 454 g/mol. The maximum absolute atomic E-state index is 12.6. The van der Waals surface area contributed by atoms with E-state index in [9.17, 15) is 22.8 Å². The highest BCUT2D eigenvalue weighted by atomic mass is 19.4. The molecule has 0 aliphatic rings. The minimum absolute atomic E-state index is 0.0234. The Morgan fingerprint density at radius 2 is 1.73 bits per heavy atom. The van der Waals surface area contributed by atoms with Gasteiger partial charge in [0.1, 0.15) is 5.75 Å². The van der Waals surface area contributed by atoms with Crippen LogP contribution in [-0.4, -0.2) is 21.8 Å². The normalized spacial score (nSPS) is 11.2. The van der Waals surface area contributed by atoms with E-state index in [0.29, 0.717) is 6.20 Å². The van der Waals surface area contributed by atoms with Gasteiger partial charge in [-0.15, -0.1) is 0 Å². The Labute approximate surface area is 185 Å². The predicted molar refractivity (Wildman–Crippen MR) is 113 cm³/mol. The van der Waals surface area contributed by atoms with E-state index in [-0.39, 0.29) is 29.5 Å². The van der Waals surface area contributed by atoms with Crippen molar-refractivity contribution in [3.63, 3.8) is 0 Å². The molecule has 33 heavy (non-hydrogen) atoms. The van der Waals surface area contributed by atoms with E-state index in [1.165, 1.54) is 24.3 Å². The molecule has 2 aromatic carbocycles. The van der Waals surface area contributed by atoms with Crippen LogP contribution in [0.25, 0.3) is 10.9 Å². The van der Waals surface area contributed by atoms with Crippen molar-refractivity contribution in [2.75, 3.05) is 0 Å². The van der Waals surface area contributed by atoms with Gasteiger partial charge in [0, 0.05) is 34.9 Å². The summed E-state index contributed by atoms with van der Waals surface area (Å²) in [5.74, 6) is -0.671. The van der Waals surface area contributed by atoms with Crippen molar-refractivity contribution in [2.24, 2.45) is 0 Å². The lowest BCUT2D eigenvalue weighted by atomic mass is 10.1. The number of carbonyl (C=O) groups excluding carboxylic acids is 2. The third-order valence-corrected chi connectivity index (χ3v) is 4.74. The molecular weight excluding hydrogens is 437 g/mol. The molecule has 0 bridgehead atoms. The Kier molecular flexibility index (Phi) is 5.99. The number of para-hydroxylation sites is 1. The summed E-state index contributed by atoms with van der Waals surface area (Å²) in [5.41, 5.74) is 5.79. The van der Waals surface area contributed by atoms with Gasteiger partial charge in [0.05, 0.1) is 12.0 Å². The highest BCUT2D eigenvalue weighted by molar-refractivity contribution is 5.96. The molecule has 0 aliphatic carbocycles. The van der Waals surface area contributed by atoms with E-state index >= 15 is 0 Å². The van der Waals surface area contributed by atoms with Crippen LogP contribution in [0.2, 0.25) is 0 Å². The molecule has 0 aliphatic heterocycles. The first-order valence-electron chi connectivity index (χ1n) is 9.75. The van der Waals surface area contributed by atoms with Crippen LogP contribution in [0.15, 0.2) is 73.1 Å². The zero-order valence-electron chi connectivity index (χ0n) is 16.9. The fourth-order valence-corrected chi connectivity index (χ4v) is 3.10. The van der Waals surface area contributed by atoms with Crippen LogP contribution < -0.4 is 15.6 Å². The molecular formula is C23H17F3N4O3. The smallest absolute Gasteiger partial charge is 0.417 e. The van der Waals surface area contributed by atoms with Crippen molar-refractivity contribution in [2.45, 2.75) is 12.6 Å². The topological polar surface area (TPSA) is 96.1 Å². The number of ether oxygens (including phenoxy) is 1. The lowest BCUT2D eigenvalue weighted by molar-refractivity contribution is -0.137. The van der Waals surface area contributed by atoms with Crippen molar-refractivity contribution in [3.8, 4) is 11.6 Å². The maximum Gasteiger partial charge on any atom is 0.417 e. The predicted octanol–water partition coefficient (Wildman–Crippen LogP) is 4.38. The number of pyridine rings is 1. The summed E-state index contributed by atoms with van der Waals surface area (Å²) in [7, 11) is 0. The first-order chi connectivity index (χ1) is 15.8. The summed E-state index contributed by atoms with van der Waals surface area (Å²) >= 11 is 0. The largest absolute Gasteiger partial charge is 0.439 e. The quantitative estimate of drug-likeness (QED) is 0.390. The molecule has 10 heteroatoms. The highest BCUT2D eigenvalue weighted by Crippen LogP contribution is 2.30. The highest BCUT2D eigenvalue weighted by Gasteiger charge is 2.30. The van der Waals surface area contributed by atoms with E-state index in [0.717, 1.165) is 28.6 Å². The Balaban J connectivity index is 1.30. The van der Waals surface area contributed by atoms with Gasteiger partial charge in [0.15, 0.2) is 0 Å². The van der Waals surface area contributed by atoms with Crippen molar-refractivity contribution < 1.29 is 27.5 Å². The van der Waals surface area contributed by atoms with Crippen LogP contribution in [0.4, 0.5) is 13.2 Å². The summed E-state index contributed by atoms with van der Waals surface area (Å²) in [6.07, 6.45) is -1.98. The Hall–Kier alpha value is -4.34. The van der Waals surface area contributed by atoms with Gasteiger partial charge in [-0.1, -0.05) is 18.2 Å². The molecule has 2 amide bonds. The van der Waals surface area contributed by atoms with Gasteiger partial charge in [0.2, 0.25) is 11.8 Å². The molecule has 4 rings (SSSR count). The number of nitrogens with zero attached hydrogens (tertiary/aromatic N) is 1. The Morgan fingerprint density at radius 1 is 0.970 bits per heavy atom. The van der Waals surface area contributed by atoms with Crippen LogP contribution in [0.1, 0.15) is 21.5 Å². The minimum Gasteiger partial charge on any atom is -0.439 e. The third-order valence-electron chi connectivity index (χ3n) is 4.74. The van der Waals surface area contributed by atoms with Gasteiger partial charge in [-0.05, 0) is 42.0 Å². The molecule has 0 spiro atoms. The van der Waals surface area contributed by atoms with Gasteiger partial charge in [0.25, 0.3) is 5.91 Å². The van der Waals surface area contributed by atoms with E-state index in [1.54, 1.807) is 6.20 Å². The molecule has 2 heterocycles. The van der Waals surface area contributed by atoms with Crippen LogP contribution >= 0.6 is 0 Å². The molecule has 0 radical (unpaired) electrons. The van der Waals surface area contributed by atoms with Crippen molar-refractivity contribution >= 4 is 22.7 Å². The van der Waals surface area contributed by atoms with Crippen LogP contribution in [0.3, 0.4) is 0 Å². The Morgan fingerprint density at radius 3 is 2.42 bits per heavy atom. The molecule has 168 valence electrons. The number of rotatable bonds is 5. The molecule has 4 aromatic rings. The number of H-pyrrole nitrogens is 1. The number of halogens is 3. The SMILES string of the molecule is O=C(Cc1c[nH]c2ccccc12)NNC(=O)c1ccc(Oc2ccc(C(F)(F)F)cn2)cc1. The van der Waals surface area contributed by atoms with Crippen LogP contribution in [-0.2, 0) is 17.4 Å². The number of alkyl halides is 3. The number of nitrogens with one attached hydrogen (secondary N) is 3. The van der Waals surface area contributed by atoms with Crippen molar-refractivity contribution in [3.05, 3.63) is 89.7 Å². The van der Waals surface area contributed by atoms with Crippen molar-refractivity contribution in [1.29, 1.82) is 0 Å². The molecule has 0 saturated carbocycles. The lowest BCUT2D eigenvalue weighted by Crippen LogP contribution is -2.42. The molecule has 3 N–H and O–H groups in total. The lowest BCUT2D eigenvalue weighted by Gasteiger charge is -2.09. The summed E-state index contributed by atoms with van der Waals surface area (Å²) in [6.45, 7) is 0. The molecule has 0 fully saturated rings. The third kappa shape index (κ3) is 5.29. The van der Waals surface area contributed by atoms with Gasteiger partial charge in [-0.2, -0.15) is 13.2 Å². The van der Waals surface area contributed by atoms with Gasteiger partial charge < -0.3 is 9.72 Å². The summed E-state index contributed by atoms with van der Waals surface area (Å²) in [6, 6.07) is 15.3. The number of hydrogen-bond donors (Lipinski definition) is 3. The van der Waals surface area contributed by atoms with E-state index in [4.69, 9.17) is 4.74 Å². The van der Waals surface area contributed by atoms with Crippen LogP contribution in [0, 0.1) is 0 Å². The maximum atomic E-state index is 12.6. The number of fused-ring (bicyclic) bond motifs is 1. The second-order valence-corrected chi connectivity index (χ2v) is 7.05. The van der Waals surface area contributed by atoms with Crippen molar-refractivity contribution in [1.82, 2.24) is 20.8 Å². The number of benzene rings is 2. The fraction of sp³-hybridized carbons (Fsp3) is 0.0870. The first-order valence-corrected chi connectivity index (χ1v) is 9.75. The first kappa shape index (κ1) is 21.9. The number of carbonyl (C=O) groups is 2. The summed E-state index contributed by atoms with van der Waals surface area (Å²) in [4.78, 5) is 31.2. The second-order valence-electron chi connectivity index (χ2n) is 7.05. The fourth-order valence-electron chi connectivity index (χ4n) is 3.10. The summed E-state index contributed by atoms with van der Waals surface area (Å²) < 4.78 is 43.2. The molecule has 2 aromatic heterocycles. The number of hydrogen-bond acceptors (Lipinski definition) is 4.